The Balaban J connectivity index is 1.89. The molecule has 0 aliphatic rings. The fourth-order valence-corrected chi connectivity index (χ4v) is 2.94. The van der Waals surface area contributed by atoms with Gasteiger partial charge in [0.25, 0.3) is 11.8 Å². The van der Waals surface area contributed by atoms with Crippen LogP contribution in [0.3, 0.4) is 0 Å². The maximum atomic E-state index is 12.4. The van der Waals surface area contributed by atoms with Crippen molar-refractivity contribution in [3.63, 3.8) is 0 Å². The van der Waals surface area contributed by atoms with E-state index < -0.39 is 0 Å². The van der Waals surface area contributed by atoms with Crippen LogP contribution in [-0.4, -0.2) is 51.1 Å². The molecule has 0 atom stereocenters. The van der Waals surface area contributed by atoms with Gasteiger partial charge >= 0.3 is 0 Å². The average Bonchev–Trinajstić information content (AvgIpc) is 2.76. The molecule has 0 spiro atoms. The standard InChI is InChI=1S/C23H30N2O4/c1-5-6-15-25(2)23(27)19-10-8-18(9-11-19)22(26)24-14-13-17-7-12-20(28-3)21(16-17)29-4/h7-12,16H,5-6,13-15H2,1-4H3,(H,24,26). The summed E-state index contributed by atoms with van der Waals surface area (Å²) < 4.78 is 10.5. The Kier molecular flexibility index (Phi) is 8.52. The Morgan fingerprint density at radius 1 is 0.966 bits per heavy atom. The third-order valence-electron chi connectivity index (χ3n) is 4.73. The zero-order chi connectivity index (χ0) is 21.2. The van der Waals surface area contributed by atoms with Crippen LogP contribution in [0.1, 0.15) is 46.0 Å². The minimum absolute atomic E-state index is 0.0288. The first-order chi connectivity index (χ1) is 14.0. The van der Waals surface area contributed by atoms with Crippen LogP contribution in [0.25, 0.3) is 0 Å². The van der Waals surface area contributed by atoms with Crippen LogP contribution >= 0.6 is 0 Å². The van der Waals surface area contributed by atoms with Crippen LogP contribution in [0.15, 0.2) is 42.5 Å². The molecule has 2 rings (SSSR count). The van der Waals surface area contributed by atoms with Gasteiger partial charge in [-0.25, -0.2) is 0 Å². The molecule has 0 fully saturated rings. The molecule has 6 heteroatoms. The molecule has 1 N–H and O–H groups in total. The fraction of sp³-hybridized carbons (Fsp3) is 0.391. The van der Waals surface area contributed by atoms with E-state index in [0.29, 0.717) is 35.6 Å². The van der Waals surface area contributed by atoms with Gasteiger partial charge in [0.2, 0.25) is 0 Å². The van der Waals surface area contributed by atoms with E-state index in [9.17, 15) is 9.59 Å². The molecule has 6 nitrogen and oxygen atoms in total. The lowest BCUT2D eigenvalue weighted by Gasteiger charge is -2.16. The average molecular weight is 399 g/mol. The zero-order valence-electron chi connectivity index (χ0n) is 17.7. The van der Waals surface area contributed by atoms with Crippen molar-refractivity contribution in [2.45, 2.75) is 26.2 Å². The number of unbranched alkanes of at least 4 members (excludes halogenated alkanes) is 1. The molecule has 0 bridgehead atoms. The van der Waals surface area contributed by atoms with E-state index in [0.717, 1.165) is 24.9 Å². The zero-order valence-corrected chi connectivity index (χ0v) is 17.7. The van der Waals surface area contributed by atoms with E-state index >= 15 is 0 Å². The number of ether oxygens (including phenoxy) is 2. The highest BCUT2D eigenvalue weighted by Crippen LogP contribution is 2.27. The summed E-state index contributed by atoms with van der Waals surface area (Å²) in [7, 11) is 4.99. The van der Waals surface area contributed by atoms with Gasteiger partial charge in [-0.3, -0.25) is 9.59 Å². The summed E-state index contributed by atoms with van der Waals surface area (Å²) in [5.74, 6) is 1.15. The topological polar surface area (TPSA) is 67.9 Å². The van der Waals surface area contributed by atoms with Crippen LogP contribution in [0, 0.1) is 0 Å². The lowest BCUT2D eigenvalue weighted by Crippen LogP contribution is -2.28. The van der Waals surface area contributed by atoms with E-state index in [1.165, 1.54) is 0 Å². The molecule has 2 amide bonds. The molecular weight excluding hydrogens is 368 g/mol. The molecule has 0 radical (unpaired) electrons. The minimum Gasteiger partial charge on any atom is -0.493 e. The maximum Gasteiger partial charge on any atom is 0.253 e. The Morgan fingerprint density at radius 3 is 2.24 bits per heavy atom. The van der Waals surface area contributed by atoms with Gasteiger partial charge in [-0.2, -0.15) is 0 Å². The number of rotatable bonds is 10. The van der Waals surface area contributed by atoms with Crippen molar-refractivity contribution in [3.05, 3.63) is 59.2 Å². The number of nitrogens with one attached hydrogen (secondary N) is 1. The van der Waals surface area contributed by atoms with E-state index in [2.05, 4.69) is 12.2 Å². The Morgan fingerprint density at radius 2 is 1.62 bits per heavy atom. The predicted molar refractivity (Wildman–Crippen MR) is 114 cm³/mol. The van der Waals surface area contributed by atoms with Crippen LogP contribution in [0.5, 0.6) is 11.5 Å². The van der Waals surface area contributed by atoms with Gasteiger partial charge in [-0.05, 0) is 54.8 Å². The van der Waals surface area contributed by atoms with Crippen molar-refractivity contribution in [3.8, 4) is 11.5 Å². The number of hydrogen-bond acceptors (Lipinski definition) is 4. The van der Waals surface area contributed by atoms with Crippen molar-refractivity contribution >= 4 is 11.8 Å². The van der Waals surface area contributed by atoms with E-state index in [1.54, 1.807) is 50.4 Å². The first kappa shape index (κ1) is 22.3. The second kappa shape index (κ2) is 11.1. The quantitative estimate of drug-likeness (QED) is 0.665. The monoisotopic (exact) mass is 398 g/mol. The van der Waals surface area contributed by atoms with Gasteiger partial charge in [0.05, 0.1) is 14.2 Å². The largest absolute Gasteiger partial charge is 0.493 e. The van der Waals surface area contributed by atoms with Crippen molar-refractivity contribution in [1.82, 2.24) is 10.2 Å². The second-order valence-corrected chi connectivity index (χ2v) is 6.85. The van der Waals surface area contributed by atoms with Crippen molar-refractivity contribution in [2.24, 2.45) is 0 Å². The molecule has 0 aromatic heterocycles. The Labute approximate surface area is 172 Å². The molecule has 2 aromatic rings. The molecule has 2 aromatic carbocycles. The van der Waals surface area contributed by atoms with E-state index in [1.807, 2.05) is 18.2 Å². The summed E-state index contributed by atoms with van der Waals surface area (Å²) in [5.41, 5.74) is 2.16. The van der Waals surface area contributed by atoms with Crippen LogP contribution in [-0.2, 0) is 6.42 Å². The molecule has 0 saturated heterocycles. The summed E-state index contributed by atoms with van der Waals surface area (Å²) >= 11 is 0. The van der Waals surface area contributed by atoms with Crippen LogP contribution in [0.2, 0.25) is 0 Å². The molecule has 0 aliphatic carbocycles. The predicted octanol–water partition coefficient (Wildman–Crippen LogP) is 3.55. The Bertz CT molecular complexity index is 818. The summed E-state index contributed by atoms with van der Waals surface area (Å²) in [6, 6.07) is 12.5. The summed E-state index contributed by atoms with van der Waals surface area (Å²) in [6.07, 6.45) is 2.69. The smallest absolute Gasteiger partial charge is 0.253 e. The van der Waals surface area contributed by atoms with Gasteiger partial charge < -0.3 is 19.7 Å². The first-order valence-electron chi connectivity index (χ1n) is 9.84. The summed E-state index contributed by atoms with van der Waals surface area (Å²) in [6.45, 7) is 3.32. The lowest BCUT2D eigenvalue weighted by atomic mass is 10.1. The highest BCUT2D eigenvalue weighted by atomic mass is 16.5. The van der Waals surface area contributed by atoms with Crippen molar-refractivity contribution in [1.29, 1.82) is 0 Å². The minimum atomic E-state index is -0.163. The molecule has 0 saturated carbocycles. The van der Waals surface area contributed by atoms with Crippen LogP contribution in [0.4, 0.5) is 0 Å². The Hall–Kier alpha value is -3.02. The maximum absolute atomic E-state index is 12.4. The summed E-state index contributed by atoms with van der Waals surface area (Å²) in [4.78, 5) is 26.4. The van der Waals surface area contributed by atoms with Crippen molar-refractivity contribution < 1.29 is 19.1 Å². The van der Waals surface area contributed by atoms with Gasteiger partial charge in [-0.1, -0.05) is 19.4 Å². The highest BCUT2D eigenvalue weighted by molar-refractivity contribution is 5.97. The number of nitrogens with zero attached hydrogens (tertiary/aromatic N) is 1. The highest BCUT2D eigenvalue weighted by Gasteiger charge is 2.12. The first-order valence-corrected chi connectivity index (χ1v) is 9.84. The molecule has 0 aliphatic heterocycles. The van der Waals surface area contributed by atoms with Gasteiger partial charge in [-0.15, -0.1) is 0 Å². The normalized spacial score (nSPS) is 10.3. The molecule has 156 valence electrons. The molecular formula is C23H30N2O4. The fourth-order valence-electron chi connectivity index (χ4n) is 2.94. The molecule has 0 heterocycles. The lowest BCUT2D eigenvalue weighted by molar-refractivity contribution is 0.0792. The third kappa shape index (κ3) is 6.24. The molecule has 0 unspecified atom stereocenters. The van der Waals surface area contributed by atoms with Gasteiger partial charge in [0.15, 0.2) is 11.5 Å². The van der Waals surface area contributed by atoms with E-state index in [4.69, 9.17) is 9.47 Å². The van der Waals surface area contributed by atoms with Gasteiger partial charge in [0.1, 0.15) is 0 Å². The number of carbonyl (C=O) groups is 2. The summed E-state index contributed by atoms with van der Waals surface area (Å²) in [5, 5.41) is 2.91. The van der Waals surface area contributed by atoms with Crippen molar-refractivity contribution in [2.75, 3.05) is 34.4 Å². The number of benzene rings is 2. The van der Waals surface area contributed by atoms with Crippen LogP contribution < -0.4 is 14.8 Å². The number of carbonyl (C=O) groups excluding carboxylic acids is 2. The number of methoxy groups -OCH3 is 2. The number of hydrogen-bond donors (Lipinski definition) is 1. The second-order valence-electron chi connectivity index (χ2n) is 6.85. The molecule has 29 heavy (non-hydrogen) atoms. The number of amides is 2. The van der Waals surface area contributed by atoms with E-state index in [-0.39, 0.29) is 11.8 Å². The third-order valence-corrected chi connectivity index (χ3v) is 4.73. The van der Waals surface area contributed by atoms with Gasteiger partial charge in [0, 0.05) is 31.3 Å². The SMILES string of the molecule is CCCCN(C)C(=O)c1ccc(C(=O)NCCc2ccc(OC)c(OC)c2)cc1.